The molecule has 1 aliphatic carbocycles. The molecule has 0 aromatic heterocycles. The molecule has 45 heavy (non-hydrogen) atoms. The third kappa shape index (κ3) is 9.44. The Kier molecular flexibility index (Phi) is 11.4. The summed E-state index contributed by atoms with van der Waals surface area (Å²) in [6.07, 6.45) is 9.78. The standard InChI is InChI=1S/C35H47F2N3O5/c36-35(37)14-18-39(19-15-35)17-13-27-24-32(42)30(40-16-6-12-33(40)43)22-26-9-5-10-28(21-26)45-20-4-3-11-29(38-34(27)44)31(41)23-25-7-1-2-8-25/h3-5,9-10,21,25,27,29-30H,1-2,6-8,11-20,22-24H2,(H,38,44)/b4-3+/t27-,29+,30+/m1/s1. The quantitative estimate of drug-likeness (QED) is 0.433. The van der Waals surface area contributed by atoms with Gasteiger partial charge in [0.05, 0.1) is 12.1 Å². The normalized spacial score (nSPS) is 28.1. The summed E-state index contributed by atoms with van der Waals surface area (Å²) in [7, 11) is 0. The molecule has 0 radical (unpaired) electrons. The molecule has 1 aromatic rings. The topological polar surface area (TPSA) is 96.0 Å². The largest absolute Gasteiger partial charge is 0.490 e. The second-order valence-electron chi connectivity index (χ2n) is 13.3. The van der Waals surface area contributed by atoms with Crippen molar-refractivity contribution in [2.75, 3.05) is 32.8 Å². The van der Waals surface area contributed by atoms with Gasteiger partial charge in [0.2, 0.25) is 11.8 Å². The Balaban J connectivity index is 1.39. The first-order chi connectivity index (χ1) is 21.7. The number of likely N-dealkylation sites (tertiary alicyclic amines) is 2. The van der Waals surface area contributed by atoms with E-state index in [4.69, 9.17) is 4.74 Å². The molecule has 5 rings (SSSR count). The lowest BCUT2D eigenvalue weighted by Gasteiger charge is -2.33. The van der Waals surface area contributed by atoms with Gasteiger partial charge < -0.3 is 19.9 Å². The summed E-state index contributed by atoms with van der Waals surface area (Å²) in [4.78, 5) is 57.9. The fourth-order valence-electron chi connectivity index (χ4n) is 7.18. The van der Waals surface area contributed by atoms with Crippen molar-refractivity contribution in [2.24, 2.45) is 11.8 Å². The van der Waals surface area contributed by atoms with Gasteiger partial charge in [0, 0.05) is 64.1 Å². The first kappa shape index (κ1) is 33.2. The van der Waals surface area contributed by atoms with E-state index in [-0.39, 0.29) is 62.3 Å². The van der Waals surface area contributed by atoms with Crippen LogP contribution in [-0.2, 0) is 25.6 Å². The molecule has 4 aliphatic rings. The predicted octanol–water partition coefficient (Wildman–Crippen LogP) is 4.89. The monoisotopic (exact) mass is 627 g/mol. The fraction of sp³-hybridized carbons (Fsp3) is 0.657. The second-order valence-corrected chi connectivity index (χ2v) is 13.3. The average molecular weight is 628 g/mol. The molecule has 2 amide bonds. The number of rotatable bonds is 7. The highest BCUT2D eigenvalue weighted by molar-refractivity contribution is 5.95. The molecular weight excluding hydrogens is 580 g/mol. The Morgan fingerprint density at radius 2 is 1.78 bits per heavy atom. The van der Waals surface area contributed by atoms with E-state index in [2.05, 4.69) is 5.32 Å². The number of hydrogen-bond acceptors (Lipinski definition) is 6. The number of fused-ring (bicyclic) bond motifs is 2. The number of ether oxygens (including phenoxy) is 1. The van der Waals surface area contributed by atoms with Gasteiger partial charge in [0.25, 0.3) is 5.92 Å². The Labute approximate surface area is 264 Å². The summed E-state index contributed by atoms with van der Waals surface area (Å²) >= 11 is 0. The molecule has 8 nitrogen and oxygen atoms in total. The van der Waals surface area contributed by atoms with Crippen LogP contribution in [0.25, 0.3) is 0 Å². The molecule has 2 saturated heterocycles. The van der Waals surface area contributed by atoms with Crippen LogP contribution in [0.15, 0.2) is 36.4 Å². The second kappa shape index (κ2) is 15.4. The molecule has 0 unspecified atom stereocenters. The number of benzene rings is 1. The highest BCUT2D eigenvalue weighted by Gasteiger charge is 2.37. The van der Waals surface area contributed by atoms with Gasteiger partial charge in [0.15, 0.2) is 11.6 Å². The van der Waals surface area contributed by atoms with Crippen molar-refractivity contribution in [3.05, 3.63) is 42.0 Å². The predicted molar refractivity (Wildman–Crippen MR) is 166 cm³/mol. The van der Waals surface area contributed by atoms with Crippen LogP contribution in [0, 0.1) is 11.8 Å². The van der Waals surface area contributed by atoms with Crippen LogP contribution in [0.5, 0.6) is 5.75 Å². The minimum absolute atomic E-state index is 0.0153. The van der Waals surface area contributed by atoms with Crippen LogP contribution in [0.2, 0.25) is 0 Å². The van der Waals surface area contributed by atoms with E-state index < -0.39 is 23.9 Å². The fourth-order valence-corrected chi connectivity index (χ4v) is 7.18. The maximum atomic E-state index is 14.1. The maximum Gasteiger partial charge on any atom is 0.250 e. The maximum absolute atomic E-state index is 14.1. The van der Waals surface area contributed by atoms with Gasteiger partial charge in [-0.05, 0) is 49.4 Å². The number of Topliss-reactive ketones (excluding diaryl/α,β-unsaturated/α-hetero) is 2. The Morgan fingerprint density at radius 3 is 2.51 bits per heavy atom. The van der Waals surface area contributed by atoms with Crippen LogP contribution < -0.4 is 10.1 Å². The van der Waals surface area contributed by atoms with E-state index in [9.17, 15) is 28.0 Å². The number of ketones is 2. The van der Waals surface area contributed by atoms with Gasteiger partial charge in [0.1, 0.15) is 12.4 Å². The van der Waals surface area contributed by atoms with Gasteiger partial charge in [-0.2, -0.15) is 0 Å². The number of hydrogen-bond donors (Lipinski definition) is 1. The third-order valence-corrected chi connectivity index (χ3v) is 9.94. The van der Waals surface area contributed by atoms with Gasteiger partial charge in [-0.15, -0.1) is 0 Å². The zero-order valence-electron chi connectivity index (χ0n) is 26.2. The minimum atomic E-state index is -2.68. The van der Waals surface area contributed by atoms with E-state index in [1.807, 2.05) is 41.3 Å². The molecule has 3 fully saturated rings. The van der Waals surface area contributed by atoms with E-state index in [0.717, 1.165) is 31.2 Å². The third-order valence-electron chi connectivity index (χ3n) is 9.94. The molecule has 246 valence electrons. The van der Waals surface area contributed by atoms with Crippen molar-refractivity contribution in [3.8, 4) is 5.75 Å². The summed E-state index contributed by atoms with van der Waals surface area (Å²) in [6.45, 7) is 1.62. The van der Waals surface area contributed by atoms with Crippen LogP contribution in [0.4, 0.5) is 8.78 Å². The van der Waals surface area contributed by atoms with E-state index >= 15 is 0 Å². The van der Waals surface area contributed by atoms with Crippen molar-refractivity contribution in [1.29, 1.82) is 0 Å². The van der Waals surface area contributed by atoms with Crippen LogP contribution >= 0.6 is 0 Å². The number of amides is 2. The lowest BCUT2D eigenvalue weighted by molar-refractivity contribution is -0.138. The van der Waals surface area contributed by atoms with Crippen molar-refractivity contribution in [1.82, 2.24) is 15.1 Å². The zero-order valence-corrected chi connectivity index (χ0v) is 26.2. The molecular formula is C35H47F2N3O5. The highest BCUT2D eigenvalue weighted by atomic mass is 19.3. The van der Waals surface area contributed by atoms with E-state index in [1.54, 1.807) is 4.90 Å². The Hall–Kier alpha value is -3.14. The number of alkyl halides is 2. The summed E-state index contributed by atoms with van der Waals surface area (Å²) in [5.41, 5.74) is 0.856. The van der Waals surface area contributed by atoms with Crippen molar-refractivity contribution in [3.63, 3.8) is 0 Å². The zero-order chi connectivity index (χ0) is 31.8. The number of carbonyl (C=O) groups excluding carboxylic acids is 4. The highest BCUT2D eigenvalue weighted by Crippen LogP contribution is 2.30. The molecule has 1 aromatic carbocycles. The minimum Gasteiger partial charge on any atom is -0.490 e. The van der Waals surface area contributed by atoms with Crippen LogP contribution in [-0.4, -0.2) is 84.0 Å². The van der Waals surface area contributed by atoms with Crippen LogP contribution in [0.3, 0.4) is 0 Å². The van der Waals surface area contributed by atoms with Gasteiger partial charge >= 0.3 is 0 Å². The SMILES string of the molecule is O=C1N[C@H](C(=O)CC2CCCC2)C/C=C/COc2cccc(c2)C[C@H](N2CCCC2=O)C(=O)C[C@H]1CCN1CCC(F)(F)CC1. The number of carbonyl (C=O) groups is 4. The van der Waals surface area contributed by atoms with Gasteiger partial charge in [-0.3, -0.25) is 19.2 Å². The number of nitrogens with zero attached hydrogens (tertiary/aromatic N) is 2. The summed E-state index contributed by atoms with van der Waals surface area (Å²) < 4.78 is 33.5. The smallest absolute Gasteiger partial charge is 0.250 e. The first-order valence-electron chi connectivity index (χ1n) is 16.8. The molecule has 3 aliphatic heterocycles. The number of halogens is 2. The van der Waals surface area contributed by atoms with Crippen molar-refractivity contribution < 1.29 is 32.7 Å². The average Bonchev–Trinajstić information content (AvgIpc) is 3.69. The molecule has 1 saturated carbocycles. The van der Waals surface area contributed by atoms with Gasteiger partial charge in [-0.1, -0.05) is 50.0 Å². The van der Waals surface area contributed by atoms with Crippen molar-refractivity contribution >= 4 is 23.4 Å². The Morgan fingerprint density at radius 1 is 1.00 bits per heavy atom. The van der Waals surface area contributed by atoms with Crippen LogP contribution in [0.1, 0.15) is 82.6 Å². The lowest BCUT2D eigenvalue weighted by Crippen LogP contribution is -2.48. The van der Waals surface area contributed by atoms with E-state index in [0.29, 0.717) is 63.3 Å². The summed E-state index contributed by atoms with van der Waals surface area (Å²) in [5, 5.41) is 2.99. The summed E-state index contributed by atoms with van der Waals surface area (Å²) in [5.74, 6) is -3.13. The number of piperidine rings is 1. The summed E-state index contributed by atoms with van der Waals surface area (Å²) in [6, 6.07) is 6.04. The van der Waals surface area contributed by atoms with E-state index in [1.165, 1.54) is 0 Å². The molecule has 1 N–H and O–H groups in total. The first-order valence-corrected chi connectivity index (χ1v) is 16.8. The lowest BCUT2D eigenvalue weighted by atomic mass is 9.90. The Bertz CT molecular complexity index is 1240. The van der Waals surface area contributed by atoms with Gasteiger partial charge in [-0.25, -0.2) is 8.78 Å². The molecule has 10 heteroatoms. The molecule has 3 atom stereocenters. The van der Waals surface area contributed by atoms with Crippen molar-refractivity contribution in [2.45, 2.75) is 101 Å². The molecule has 0 spiro atoms. The number of nitrogens with one attached hydrogen (secondary N) is 1. The molecule has 2 bridgehead atoms. The molecule has 3 heterocycles.